The number of carbonyl (C=O) groups excluding carboxylic acids is 1. The van der Waals surface area contributed by atoms with Crippen molar-refractivity contribution in [2.75, 3.05) is 5.32 Å². The van der Waals surface area contributed by atoms with Crippen LogP contribution in [0.15, 0.2) is 40.9 Å². The fourth-order valence-electron chi connectivity index (χ4n) is 2.65. The largest absolute Gasteiger partial charge is 0.364 e. The summed E-state index contributed by atoms with van der Waals surface area (Å²) in [5, 5.41) is 18.1. The highest BCUT2D eigenvalue weighted by Crippen LogP contribution is 2.26. The molecule has 1 aliphatic rings. The van der Waals surface area contributed by atoms with E-state index in [1.54, 1.807) is 24.3 Å². The summed E-state index contributed by atoms with van der Waals surface area (Å²) in [5.41, 5.74) is 2.55. The van der Waals surface area contributed by atoms with Gasteiger partial charge in [0, 0.05) is 23.7 Å². The molecule has 1 saturated carbocycles. The van der Waals surface area contributed by atoms with E-state index in [2.05, 4.69) is 26.0 Å². The average Bonchev–Trinajstić information content (AvgIpc) is 3.42. The zero-order valence-corrected chi connectivity index (χ0v) is 14.7. The Hall–Kier alpha value is -3.29. The van der Waals surface area contributed by atoms with Gasteiger partial charge in [-0.25, -0.2) is 4.39 Å². The highest BCUT2D eigenvalue weighted by Gasteiger charge is 2.24. The van der Waals surface area contributed by atoms with Crippen LogP contribution in [0.5, 0.6) is 0 Å². The minimum Gasteiger partial charge on any atom is -0.364 e. The molecule has 2 N–H and O–H groups in total. The molecule has 0 aliphatic heterocycles. The molecular formula is C19H18FN5O2. The van der Waals surface area contributed by atoms with Gasteiger partial charge in [-0.15, -0.1) is 10.2 Å². The molecule has 27 heavy (non-hydrogen) atoms. The van der Waals surface area contributed by atoms with Crippen LogP contribution in [-0.2, 0) is 6.54 Å². The van der Waals surface area contributed by atoms with Crippen molar-refractivity contribution in [3.63, 3.8) is 0 Å². The second-order valence-electron chi connectivity index (χ2n) is 6.48. The van der Waals surface area contributed by atoms with E-state index in [9.17, 15) is 9.18 Å². The van der Waals surface area contributed by atoms with Crippen molar-refractivity contribution >= 4 is 11.7 Å². The number of nitrogens with zero attached hydrogens (tertiary/aromatic N) is 3. The number of amides is 1. The van der Waals surface area contributed by atoms with Gasteiger partial charge in [-0.3, -0.25) is 4.79 Å². The van der Waals surface area contributed by atoms with Crippen LogP contribution in [0, 0.1) is 12.7 Å². The average molecular weight is 367 g/mol. The number of nitrogens with one attached hydrogen (secondary N) is 2. The smallest absolute Gasteiger partial charge is 0.272 e. The lowest BCUT2D eigenvalue weighted by atomic mass is 10.1. The third-order valence-electron chi connectivity index (χ3n) is 4.36. The van der Waals surface area contributed by atoms with Crippen molar-refractivity contribution in [3.05, 3.63) is 59.2 Å². The summed E-state index contributed by atoms with van der Waals surface area (Å²) in [4.78, 5) is 11.9. The van der Waals surface area contributed by atoms with Crippen molar-refractivity contribution in [1.82, 2.24) is 20.7 Å². The van der Waals surface area contributed by atoms with Gasteiger partial charge in [-0.2, -0.15) is 0 Å². The van der Waals surface area contributed by atoms with Gasteiger partial charge < -0.3 is 15.2 Å². The number of carbonyl (C=O) groups is 1. The molecule has 0 spiro atoms. The number of hydrogen-bond donors (Lipinski definition) is 2. The number of halogens is 1. The lowest BCUT2D eigenvalue weighted by Crippen LogP contribution is -2.26. The van der Waals surface area contributed by atoms with Crippen LogP contribution in [0.3, 0.4) is 0 Å². The van der Waals surface area contributed by atoms with Gasteiger partial charge in [0.15, 0.2) is 5.69 Å². The molecule has 0 radical (unpaired) electrons. The van der Waals surface area contributed by atoms with Crippen molar-refractivity contribution in [3.8, 4) is 11.3 Å². The summed E-state index contributed by atoms with van der Waals surface area (Å²) in [6.45, 7) is 2.22. The molecule has 0 saturated heterocycles. The van der Waals surface area contributed by atoms with E-state index < -0.39 is 0 Å². The molecule has 0 bridgehead atoms. The highest BCUT2D eigenvalue weighted by atomic mass is 19.1. The van der Waals surface area contributed by atoms with Gasteiger partial charge in [0.05, 0.1) is 0 Å². The molecule has 0 atom stereocenters. The predicted molar refractivity (Wildman–Crippen MR) is 96.5 cm³/mol. The minimum atomic E-state index is -0.306. The maximum atomic E-state index is 13.1. The number of hydrogen-bond acceptors (Lipinski definition) is 6. The molecule has 1 aromatic carbocycles. The van der Waals surface area contributed by atoms with Crippen LogP contribution in [0.25, 0.3) is 11.3 Å². The summed E-state index contributed by atoms with van der Waals surface area (Å²) in [5.74, 6) is 0.684. The first-order chi connectivity index (χ1) is 13.1. The van der Waals surface area contributed by atoms with Crippen LogP contribution in [0.4, 0.5) is 10.2 Å². The van der Waals surface area contributed by atoms with Crippen LogP contribution < -0.4 is 10.6 Å². The topological polar surface area (TPSA) is 92.9 Å². The summed E-state index contributed by atoms with van der Waals surface area (Å²) in [6.07, 6.45) is 2.04. The Kier molecular flexibility index (Phi) is 4.53. The fourth-order valence-corrected chi connectivity index (χ4v) is 2.65. The lowest BCUT2D eigenvalue weighted by molar-refractivity contribution is 0.0945. The van der Waals surface area contributed by atoms with Crippen molar-refractivity contribution in [2.24, 2.45) is 0 Å². The summed E-state index contributed by atoms with van der Waals surface area (Å²) in [6, 6.07) is 9.69. The maximum Gasteiger partial charge on any atom is 0.272 e. The maximum absolute atomic E-state index is 13.1. The van der Waals surface area contributed by atoms with E-state index in [4.69, 9.17) is 4.52 Å². The standard InChI is InChI=1S/C19H18FN5O2/c1-11-15(18(25-27-11)12-2-4-13(20)5-3-12)10-21-17-9-8-16(23-24-17)19(26)22-14-6-7-14/h2-5,8-9,14H,6-7,10H2,1H3,(H,21,24)(H,22,26). The van der Waals surface area contributed by atoms with Gasteiger partial charge >= 0.3 is 0 Å². The Morgan fingerprint density at radius 3 is 2.63 bits per heavy atom. The van der Waals surface area contributed by atoms with Crippen LogP contribution in [0.2, 0.25) is 0 Å². The summed E-state index contributed by atoms with van der Waals surface area (Å²) < 4.78 is 18.4. The first kappa shape index (κ1) is 17.1. The number of aromatic nitrogens is 3. The third kappa shape index (κ3) is 3.94. The number of rotatable bonds is 6. The van der Waals surface area contributed by atoms with Gasteiger partial charge in [-0.1, -0.05) is 5.16 Å². The molecule has 2 aromatic heterocycles. The monoisotopic (exact) mass is 367 g/mol. The summed E-state index contributed by atoms with van der Waals surface area (Å²) >= 11 is 0. The highest BCUT2D eigenvalue weighted by molar-refractivity contribution is 5.92. The molecular weight excluding hydrogens is 349 g/mol. The molecule has 8 heteroatoms. The van der Waals surface area contributed by atoms with Crippen LogP contribution >= 0.6 is 0 Å². The second-order valence-corrected chi connectivity index (χ2v) is 6.48. The quantitative estimate of drug-likeness (QED) is 0.695. The van der Waals surface area contributed by atoms with E-state index in [0.29, 0.717) is 29.5 Å². The fraction of sp³-hybridized carbons (Fsp3) is 0.263. The van der Waals surface area contributed by atoms with Gasteiger partial charge in [0.2, 0.25) is 0 Å². The number of aryl methyl sites for hydroxylation is 1. The lowest BCUT2D eigenvalue weighted by Gasteiger charge is -2.07. The predicted octanol–water partition coefficient (Wildman–Crippen LogP) is 3.08. The molecule has 1 aliphatic carbocycles. The summed E-state index contributed by atoms with van der Waals surface area (Å²) in [7, 11) is 0. The Balaban J connectivity index is 1.45. The second kappa shape index (κ2) is 7.14. The normalized spacial score (nSPS) is 13.4. The Bertz CT molecular complexity index is 949. The molecule has 3 aromatic rings. The first-order valence-corrected chi connectivity index (χ1v) is 8.69. The zero-order valence-electron chi connectivity index (χ0n) is 14.7. The van der Waals surface area contributed by atoms with Gasteiger partial charge in [0.1, 0.15) is 23.1 Å². The zero-order chi connectivity index (χ0) is 18.8. The minimum absolute atomic E-state index is 0.204. The molecule has 138 valence electrons. The Labute approximate surface area is 155 Å². The van der Waals surface area contributed by atoms with Gasteiger partial charge in [0.25, 0.3) is 5.91 Å². The molecule has 2 heterocycles. The molecule has 4 rings (SSSR count). The van der Waals surface area contributed by atoms with Crippen molar-refractivity contribution in [1.29, 1.82) is 0 Å². The first-order valence-electron chi connectivity index (χ1n) is 8.69. The Morgan fingerprint density at radius 2 is 1.96 bits per heavy atom. The Morgan fingerprint density at radius 1 is 1.19 bits per heavy atom. The number of anilines is 1. The number of benzene rings is 1. The van der Waals surface area contributed by atoms with Crippen molar-refractivity contribution in [2.45, 2.75) is 32.4 Å². The van der Waals surface area contributed by atoms with E-state index in [1.807, 2.05) is 6.92 Å². The van der Waals surface area contributed by atoms with Crippen LogP contribution in [0.1, 0.15) is 34.7 Å². The third-order valence-corrected chi connectivity index (χ3v) is 4.36. The van der Waals surface area contributed by atoms with E-state index in [1.165, 1.54) is 12.1 Å². The van der Waals surface area contributed by atoms with E-state index >= 15 is 0 Å². The molecule has 1 amide bonds. The van der Waals surface area contributed by atoms with E-state index in [-0.39, 0.29) is 17.8 Å². The molecule has 0 unspecified atom stereocenters. The molecule has 7 nitrogen and oxygen atoms in total. The van der Waals surface area contributed by atoms with E-state index in [0.717, 1.165) is 24.0 Å². The van der Waals surface area contributed by atoms with Gasteiger partial charge in [-0.05, 0) is 56.2 Å². The molecule has 1 fully saturated rings. The van der Waals surface area contributed by atoms with Crippen LogP contribution in [-0.4, -0.2) is 27.3 Å². The van der Waals surface area contributed by atoms with Crippen molar-refractivity contribution < 1.29 is 13.7 Å². The SMILES string of the molecule is Cc1onc(-c2ccc(F)cc2)c1CNc1ccc(C(=O)NC2CC2)nn1.